The molecule has 1 unspecified atom stereocenters. The smallest absolute Gasteiger partial charge is 0.322 e. The van der Waals surface area contributed by atoms with Gasteiger partial charge in [-0.2, -0.15) is 4.98 Å². The third kappa shape index (κ3) is 4.20. The number of carbonyl (C=O) groups is 1. The van der Waals surface area contributed by atoms with Crippen molar-refractivity contribution in [2.24, 2.45) is 0 Å². The van der Waals surface area contributed by atoms with Crippen molar-refractivity contribution in [2.75, 3.05) is 0 Å². The van der Waals surface area contributed by atoms with E-state index >= 15 is 0 Å². The van der Waals surface area contributed by atoms with E-state index in [-0.39, 0.29) is 11.8 Å². The van der Waals surface area contributed by atoms with Gasteiger partial charge in [0.25, 0.3) is 5.89 Å². The third-order valence-electron chi connectivity index (χ3n) is 5.95. The van der Waals surface area contributed by atoms with E-state index in [1.54, 1.807) is 17.0 Å². The summed E-state index contributed by atoms with van der Waals surface area (Å²) < 4.78 is 19.3. The Balaban J connectivity index is 1.59. The van der Waals surface area contributed by atoms with Crippen LogP contribution in [0, 0.1) is 12.7 Å². The lowest BCUT2D eigenvalue weighted by molar-refractivity contribution is 0.203. The average Bonchev–Trinajstić information content (AvgIpc) is 3.33. The first-order valence-electron chi connectivity index (χ1n) is 11.0. The van der Waals surface area contributed by atoms with Gasteiger partial charge in [0.15, 0.2) is 0 Å². The Hall–Kier alpha value is -4.26. The van der Waals surface area contributed by atoms with Crippen molar-refractivity contribution in [1.82, 2.24) is 20.4 Å². The minimum atomic E-state index is -0.563. The number of aryl methyl sites for hydroxylation is 1. The molecule has 2 amide bonds. The Bertz CT molecular complexity index is 1350. The van der Waals surface area contributed by atoms with E-state index < -0.39 is 6.04 Å². The molecule has 1 aliphatic heterocycles. The van der Waals surface area contributed by atoms with E-state index in [2.05, 4.69) is 15.5 Å². The average molecular weight is 455 g/mol. The number of aromatic nitrogens is 2. The van der Waals surface area contributed by atoms with Crippen molar-refractivity contribution < 1.29 is 13.7 Å². The topological polar surface area (TPSA) is 71.3 Å². The van der Waals surface area contributed by atoms with Crippen LogP contribution in [0.5, 0.6) is 0 Å². The Morgan fingerprint density at radius 2 is 1.68 bits per heavy atom. The molecular formula is C27H23FN4O2. The number of rotatable bonds is 5. The highest BCUT2D eigenvalue weighted by Crippen LogP contribution is 2.38. The molecule has 6 nitrogen and oxygen atoms in total. The van der Waals surface area contributed by atoms with Crippen molar-refractivity contribution in [3.63, 3.8) is 0 Å². The van der Waals surface area contributed by atoms with Crippen LogP contribution in [0.1, 0.15) is 35.5 Å². The van der Waals surface area contributed by atoms with Gasteiger partial charge in [-0.1, -0.05) is 77.5 Å². The van der Waals surface area contributed by atoms with Crippen LogP contribution < -0.4 is 5.32 Å². The van der Waals surface area contributed by atoms with Crippen LogP contribution in [-0.2, 0) is 6.54 Å². The van der Waals surface area contributed by atoms with Crippen molar-refractivity contribution in [3.05, 3.63) is 113 Å². The zero-order valence-electron chi connectivity index (χ0n) is 18.8. The van der Waals surface area contributed by atoms with Crippen LogP contribution >= 0.6 is 0 Å². The SMILES string of the molecule is CC1=C(c2nc(-c3ccccc3)no2)C(c2ccc(F)cc2)NC(=O)N1Cc1ccc(C)cc1. The number of benzene rings is 3. The second-order valence-corrected chi connectivity index (χ2v) is 8.29. The highest BCUT2D eigenvalue weighted by molar-refractivity contribution is 5.86. The zero-order valence-corrected chi connectivity index (χ0v) is 18.8. The van der Waals surface area contributed by atoms with E-state index in [4.69, 9.17) is 4.52 Å². The molecule has 0 aliphatic carbocycles. The summed E-state index contributed by atoms with van der Waals surface area (Å²) in [6.07, 6.45) is 0. The van der Waals surface area contributed by atoms with Gasteiger partial charge >= 0.3 is 6.03 Å². The van der Waals surface area contributed by atoms with Crippen LogP contribution in [-0.4, -0.2) is 21.1 Å². The normalized spacial score (nSPS) is 16.0. The van der Waals surface area contributed by atoms with Gasteiger partial charge in [-0.15, -0.1) is 0 Å². The number of allylic oxidation sites excluding steroid dienone is 1. The maximum absolute atomic E-state index is 13.6. The van der Waals surface area contributed by atoms with Crippen LogP contribution in [0.2, 0.25) is 0 Å². The van der Waals surface area contributed by atoms with Crippen molar-refractivity contribution in [2.45, 2.75) is 26.4 Å². The molecule has 1 atom stereocenters. The number of amides is 2. The van der Waals surface area contributed by atoms with E-state index in [1.807, 2.05) is 68.4 Å². The molecule has 1 aromatic heterocycles. The quantitative estimate of drug-likeness (QED) is 0.409. The van der Waals surface area contributed by atoms with Crippen molar-refractivity contribution in [1.29, 1.82) is 0 Å². The first-order valence-corrected chi connectivity index (χ1v) is 11.0. The van der Waals surface area contributed by atoms with Gasteiger partial charge in [0, 0.05) is 11.3 Å². The number of hydrogen-bond acceptors (Lipinski definition) is 4. The highest BCUT2D eigenvalue weighted by atomic mass is 19.1. The molecule has 0 radical (unpaired) electrons. The summed E-state index contributed by atoms with van der Waals surface area (Å²) in [5.74, 6) is 0.411. The summed E-state index contributed by atoms with van der Waals surface area (Å²) in [6.45, 7) is 4.27. The Labute approximate surface area is 196 Å². The summed E-state index contributed by atoms with van der Waals surface area (Å²) in [5.41, 5.74) is 5.06. The first-order chi connectivity index (χ1) is 16.5. The second-order valence-electron chi connectivity index (χ2n) is 8.29. The van der Waals surface area contributed by atoms with Gasteiger partial charge in [0.1, 0.15) is 5.82 Å². The van der Waals surface area contributed by atoms with Gasteiger partial charge in [0.05, 0.1) is 18.2 Å². The number of urea groups is 1. The number of carbonyl (C=O) groups excluding carboxylic acids is 1. The molecule has 1 aliphatic rings. The lowest BCUT2D eigenvalue weighted by atomic mass is 9.94. The molecule has 2 heterocycles. The Morgan fingerprint density at radius 3 is 2.38 bits per heavy atom. The van der Waals surface area contributed by atoms with Gasteiger partial charge in [0.2, 0.25) is 5.82 Å². The molecule has 5 rings (SSSR count). The van der Waals surface area contributed by atoms with E-state index in [0.717, 1.165) is 22.3 Å². The minimum Gasteiger partial charge on any atom is -0.334 e. The first kappa shape index (κ1) is 21.6. The second kappa shape index (κ2) is 8.94. The van der Waals surface area contributed by atoms with E-state index in [1.165, 1.54) is 12.1 Å². The van der Waals surface area contributed by atoms with Gasteiger partial charge in [-0.05, 0) is 37.1 Å². The van der Waals surface area contributed by atoms with E-state index in [0.29, 0.717) is 29.5 Å². The van der Waals surface area contributed by atoms with Gasteiger partial charge in [-0.25, -0.2) is 9.18 Å². The molecular weight excluding hydrogens is 431 g/mol. The Morgan fingerprint density at radius 1 is 0.971 bits per heavy atom. The number of hydrogen-bond donors (Lipinski definition) is 1. The fourth-order valence-corrected chi connectivity index (χ4v) is 4.07. The molecule has 4 aromatic rings. The maximum atomic E-state index is 13.6. The van der Waals surface area contributed by atoms with Crippen LogP contribution in [0.4, 0.5) is 9.18 Å². The molecule has 0 saturated carbocycles. The van der Waals surface area contributed by atoms with Crippen LogP contribution in [0.25, 0.3) is 17.0 Å². The summed E-state index contributed by atoms with van der Waals surface area (Å²) in [4.78, 5) is 19.5. The van der Waals surface area contributed by atoms with Gasteiger partial charge < -0.3 is 9.84 Å². The number of halogens is 1. The van der Waals surface area contributed by atoms with E-state index in [9.17, 15) is 9.18 Å². The molecule has 0 spiro atoms. The fraction of sp³-hybridized carbons (Fsp3) is 0.148. The number of nitrogens with zero attached hydrogens (tertiary/aromatic N) is 3. The molecule has 3 aromatic carbocycles. The highest BCUT2D eigenvalue weighted by Gasteiger charge is 2.35. The standard InChI is InChI=1S/C27H23FN4O2/c1-17-8-10-19(11-9-17)16-32-18(2)23(24(29-27(32)33)20-12-14-22(28)15-13-20)26-30-25(31-34-26)21-6-4-3-5-7-21/h3-15,24H,16H2,1-2H3,(H,29,33). The monoisotopic (exact) mass is 454 g/mol. The fourth-order valence-electron chi connectivity index (χ4n) is 4.07. The molecule has 0 saturated heterocycles. The third-order valence-corrected chi connectivity index (χ3v) is 5.95. The zero-order chi connectivity index (χ0) is 23.7. The Kier molecular flexibility index (Phi) is 5.67. The van der Waals surface area contributed by atoms with Crippen LogP contribution in [0.3, 0.4) is 0 Å². The molecule has 7 heteroatoms. The number of nitrogens with one attached hydrogen (secondary N) is 1. The molecule has 0 fully saturated rings. The summed E-state index contributed by atoms with van der Waals surface area (Å²) in [6, 6.07) is 22.8. The predicted octanol–water partition coefficient (Wildman–Crippen LogP) is 5.88. The van der Waals surface area contributed by atoms with Gasteiger partial charge in [-0.3, -0.25) is 4.90 Å². The predicted molar refractivity (Wildman–Crippen MR) is 127 cm³/mol. The summed E-state index contributed by atoms with van der Waals surface area (Å²) >= 11 is 0. The van der Waals surface area contributed by atoms with Crippen molar-refractivity contribution >= 4 is 11.6 Å². The molecule has 1 N–H and O–H groups in total. The van der Waals surface area contributed by atoms with Crippen LogP contribution in [0.15, 0.2) is 89.1 Å². The largest absolute Gasteiger partial charge is 0.334 e. The molecule has 170 valence electrons. The lowest BCUT2D eigenvalue weighted by Crippen LogP contribution is -2.45. The maximum Gasteiger partial charge on any atom is 0.322 e. The molecule has 0 bridgehead atoms. The summed E-state index contributed by atoms with van der Waals surface area (Å²) in [7, 11) is 0. The van der Waals surface area contributed by atoms with Crippen molar-refractivity contribution in [3.8, 4) is 11.4 Å². The lowest BCUT2D eigenvalue weighted by Gasteiger charge is -2.35. The molecule has 34 heavy (non-hydrogen) atoms. The summed E-state index contributed by atoms with van der Waals surface area (Å²) in [5, 5.41) is 7.21. The minimum absolute atomic E-state index is 0.251.